The fourth-order valence-electron chi connectivity index (χ4n) is 2.52. The highest BCUT2D eigenvalue weighted by molar-refractivity contribution is 7.14. The number of nitrogens with zero attached hydrogens (tertiary/aromatic N) is 1. The van der Waals surface area contributed by atoms with Gasteiger partial charge in [0.2, 0.25) is 0 Å². The summed E-state index contributed by atoms with van der Waals surface area (Å²) >= 11 is 7.11. The van der Waals surface area contributed by atoms with E-state index >= 15 is 0 Å². The highest BCUT2D eigenvalue weighted by atomic mass is 35.5. The first kappa shape index (κ1) is 17.3. The van der Waals surface area contributed by atoms with Crippen molar-refractivity contribution in [2.75, 3.05) is 10.6 Å². The van der Waals surface area contributed by atoms with Crippen molar-refractivity contribution in [2.24, 2.45) is 0 Å². The van der Waals surface area contributed by atoms with E-state index in [9.17, 15) is 9.59 Å². The molecule has 4 rings (SSSR count). The van der Waals surface area contributed by atoms with Crippen LogP contribution in [0.15, 0.2) is 69.2 Å². The molecule has 2 amide bonds. The molecule has 6 nitrogen and oxygen atoms in total. The predicted octanol–water partition coefficient (Wildman–Crippen LogP) is 5.21. The minimum Gasteiger partial charge on any atom is -0.422 e. The quantitative estimate of drug-likeness (QED) is 0.464. The molecule has 0 saturated heterocycles. The number of thiazole rings is 1. The van der Waals surface area contributed by atoms with Gasteiger partial charge in [0.1, 0.15) is 5.58 Å². The van der Waals surface area contributed by atoms with Crippen LogP contribution in [0.4, 0.5) is 15.6 Å². The summed E-state index contributed by atoms with van der Waals surface area (Å²) in [6.45, 7) is 0. The van der Waals surface area contributed by atoms with Gasteiger partial charge in [-0.1, -0.05) is 35.9 Å². The van der Waals surface area contributed by atoms with Gasteiger partial charge in [0.25, 0.3) is 0 Å². The Labute approximate surface area is 162 Å². The van der Waals surface area contributed by atoms with E-state index < -0.39 is 11.7 Å². The molecule has 0 saturated carbocycles. The minimum absolute atomic E-state index is 0.341. The Morgan fingerprint density at radius 2 is 1.93 bits per heavy atom. The Balaban J connectivity index is 1.54. The molecule has 2 aromatic heterocycles. The smallest absolute Gasteiger partial charge is 0.345 e. The van der Waals surface area contributed by atoms with E-state index in [4.69, 9.17) is 16.0 Å². The summed E-state index contributed by atoms with van der Waals surface area (Å²) in [6.07, 6.45) is 0. The summed E-state index contributed by atoms with van der Waals surface area (Å²) in [6, 6.07) is 15.3. The third-order valence-electron chi connectivity index (χ3n) is 3.72. The second kappa shape index (κ2) is 7.22. The number of carbonyl (C=O) groups excluding carboxylic acids is 1. The van der Waals surface area contributed by atoms with E-state index in [1.54, 1.807) is 47.8 Å². The summed E-state index contributed by atoms with van der Waals surface area (Å²) < 4.78 is 5.32. The minimum atomic E-state index is -0.478. The van der Waals surface area contributed by atoms with Gasteiger partial charge in [-0.3, -0.25) is 5.32 Å². The van der Waals surface area contributed by atoms with Crippen LogP contribution in [0.5, 0.6) is 0 Å². The van der Waals surface area contributed by atoms with Crippen LogP contribution in [0.2, 0.25) is 5.02 Å². The lowest BCUT2D eigenvalue weighted by Gasteiger charge is -2.05. The highest BCUT2D eigenvalue weighted by Gasteiger charge is 2.13. The van der Waals surface area contributed by atoms with Crippen LogP contribution in [-0.2, 0) is 0 Å². The van der Waals surface area contributed by atoms with Crippen molar-refractivity contribution in [3.63, 3.8) is 0 Å². The van der Waals surface area contributed by atoms with E-state index in [-0.39, 0.29) is 0 Å². The number of anilines is 2. The Kier molecular flexibility index (Phi) is 4.62. The van der Waals surface area contributed by atoms with Crippen molar-refractivity contribution in [3.8, 4) is 11.3 Å². The van der Waals surface area contributed by atoms with Crippen LogP contribution in [0.3, 0.4) is 0 Å². The number of para-hydroxylation sites is 1. The van der Waals surface area contributed by atoms with Gasteiger partial charge in [0, 0.05) is 21.5 Å². The maximum atomic E-state index is 12.2. The van der Waals surface area contributed by atoms with Crippen molar-refractivity contribution in [1.82, 2.24) is 4.98 Å². The van der Waals surface area contributed by atoms with E-state index in [1.165, 1.54) is 11.3 Å². The molecule has 0 aliphatic heterocycles. The third-order valence-corrected chi connectivity index (χ3v) is 4.72. The van der Waals surface area contributed by atoms with Crippen LogP contribution in [0.1, 0.15) is 0 Å². The van der Waals surface area contributed by atoms with Gasteiger partial charge < -0.3 is 9.73 Å². The summed E-state index contributed by atoms with van der Waals surface area (Å²) in [7, 11) is 0. The lowest BCUT2D eigenvalue weighted by molar-refractivity contribution is 0.262. The van der Waals surface area contributed by atoms with Gasteiger partial charge in [-0.2, -0.15) is 0 Å². The van der Waals surface area contributed by atoms with Crippen molar-refractivity contribution in [1.29, 1.82) is 0 Å². The summed E-state index contributed by atoms with van der Waals surface area (Å²) in [5.41, 5.74) is 1.38. The first-order chi connectivity index (χ1) is 13.1. The number of fused-ring (bicyclic) bond motifs is 1. The van der Waals surface area contributed by atoms with Crippen LogP contribution < -0.4 is 16.3 Å². The monoisotopic (exact) mass is 397 g/mol. The highest BCUT2D eigenvalue weighted by Crippen LogP contribution is 2.25. The van der Waals surface area contributed by atoms with Gasteiger partial charge in [-0.25, -0.2) is 14.6 Å². The zero-order valence-electron chi connectivity index (χ0n) is 13.7. The van der Waals surface area contributed by atoms with Gasteiger partial charge in [0.05, 0.1) is 11.3 Å². The summed E-state index contributed by atoms with van der Waals surface area (Å²) in [4.78, 5) is 28.6. The number of aromatic nitrogens is 1. The molecular weight excluding hydrogens is 386 g/mol. The standard InChI is InChI=1S/C19H12ClN3O3S/c20-12-5-3-6-13(9-12)21-18(25)23-19-22-15(10-27-19)14-8-11-4-1-2-7-16(11)26-17(14)24/h1-10H,(H2,21,22,23,25). The molecule has 2 N–H and O–H groups in total. The van der Waals surface area contributed by atoms with Crippen LogP contribution in [-0.4, -0.2) is 11.0 Å². The number of benzene rings is 2. The molecular formula is C19H12ClN3O3S. The molecule has 0 fully saturated rings. The van der Waals surface area contributed by atoms with Crippen LogP contribution >= 0.6 is 22.9 Å². The second-order valence-electron chi connectivity index (χ2n) is 5.61. The number of carbonyl (C=O) groups is 1. The normalized spacial score (nSPS) is 10.7. The number of rotatable bonds is 3. The Hall–Kier alpha value is -3.16. The number of urea groups is 1. The largest absolute Gasteiger partial charge is 0.422 e. The average Bonchev–Trinajstić information content (AvgIpc) is 3.09. The zero-order chi connectivity index (χ0) is 18.8. The molecule has 0 radical (unpaired) electrons. The van der Waals surface area contributed by atoms with Crippen molar-refractivity contribution in [2.45, 2.75) is 0 Å². The van der Waals surface area contributed by atoms with Crippen LogP contribution in [0.25, 0.3) is 22.2 Å². The molecule has 0 spiro atoms. The Morgan fingerprint density at radius 1 is 1.07 bits per heavy atom. The molecule has 0 bridgehead atoms. The van der Waals surface area contributed by atoms with Gasteiger partial charge in [-0.05, 0) is 30.3 Å². The number of halogens is 1. The van der Waals surface area contributed by atoms with E-state index in [2.05, 4.69) is 15.6 Å². The van der Waals surface area contributed by atoms with Crippen molar-refractivity contribution in [3.05, 3.63) is 75.4 Å². The van der Waals surface area contributed by atoms with Crippen molar-refractivity contribution < 1.29 is 9.21 Å². The fourth-order valence-corrected chi connectivity index (χ4v) is 3.42. The van der Waals surface area contributed by atoms with E-state index in [0.29, 0.717) is 32.7 Å². The molecule has 27 heavy (non-hydrogen) atoms. The zero-order valence-corrected chi connectivity index (χ0v) is 15.3. The Bertz CT molecular complexity index is 1200. The van der Waals surface area contributed by atoms with Gasteiger partial charge in [-0.15, -0.1) is 11.3 Å². The maximum absolute atomic E-state index is 12.2. The predicted molar refractivity (Wildman–Crippen MR) is 108 cm³/mol. The fraction of sp³-hybridized carbons (Fsp3) is 0. The molecule has 0 aliphatic rings. The lowest BCUT2D eigenvalue weighted by atomic mass is 10.1. The second-order valence-corrected chi connectivity index (χ2v) is 6.91. The number of nitrogens with one attached hydrogen (secondary N) is 2. The maximum Gasteiger partial charge on any atom is 0.345 e. The van der Waals surface area contributed by atoms with Gasteiger partial charge in [0.15, 0.2) is 5.13 Å². The number of hydrogen-bond acceptors (Lipinski definition) is 5. The van der Waals surface area contributed by atoms with Crippen LogP contribution in [0, 0.1) is 0 Å². The molecule has 0 atom stereocenters. The number of amides is 2. The molecule has 2 aromatic carbocycles. The molecule has 2 heterocycles. The summed E-state index contributed by atoms with van der Waals surface area (Å²) in [5, 5.41) is 8.68. The van der Waals surface area contributed by atoms with Gasteiger partial charge >= 0.3 is 11.7 Å². The first-order valence-corrected chi connectivity index (χ1v) is 9.16. The van der Waals surface area contributed by atoms with E-state index in [0.717, 1.165) is 5.39 Å². The Morgan fingerprint density at radius 3 is 2.78 bits per heavy atom. The average molecular weight is 398 g/mol. The SMILES string of the molecule is O=C(Nc1cccc(Cl)c1)Nc1nc(-c2cc3ccccc3oc2=O)cs1. The van der Waals surface area contributed by atoms with Crippen molar-refractivity contribution >= 4 is 50.8 Å². The molecule has 134 valence electrons. The number of hydrogen-bond donors (Lipinski definition) is 2. The lowest BCUT2D eigenvalue weighted by Crippen LogP contribution is -2.19. The first-order valence-electron chi connectivity index (χ1n) is 7.91. The molecule has 0 aliphatic carbocycles. The molecule has 4 aromatic rings. The summed E-state index contributed by atoms with van der Waals surface area (Å²) in [5.74, 6) is 0. The third kappa shape index (κ3) is 3.84. The molecule has 8 heteroatoms. The molecule has 0 unspecified atom stereocenters. The van der Waals surface area contributed by atoms with E-state index in [1.807, 2.05) is 12.1 Å². The topological polar surface area (TPSA) is 84.2 Å².